The molecule has 3 rings (SSSR count). The van der Waals surface area contributed by atoms with Crippen LogP contribution >= 0.6 is 35.6 Å². The van der Waals surface area contributed by atoms with Gasteiger partial charge in [0.25, 0.3) is 0 Å². The molecule has 0 saturated carbocycles. The van der Waals surface area contributed by atoms with E-state index in [-0.39, 0.29) is 29.8 Å². The van der Waals surface area contributed by atoms with Gasteiger partial charge in [-0.25, -0.2) is 4.39 Å². The number of halogens is 3. The Balaban J connectivity index is 0.00000261. The molecule has 1 aromatic carbocycles. The van der Waals surface area contributed by atoms with Crippen LogP contribution in [0.3, 0.4) is 0 Å². The third-order valence-corrected chi connectivity index (χ3v) is 5.40. The van der Waals surface area contributed by atoms with Gasteiger partial charge in [-0.15, -0.1) is 24.0 Å². The standard InChI is InChI=1S/C19H28ClFN4O.HI/c1-2-22-19(23-8-6-16-17(20)4-3-5-18(16)21)25-9-7-15(14-25)24-10-12-26-13-11-24;/h3-5,15H,2,6-14H2,1H3,(H,22,23);1H. The highest BCUT2D eigenvalue weighted by Crippen LogP contribution is 2.20. The average Bonchev–Trinajstić information content (AvgIpc) is 3.14. The number of aliphatic imine (C=N–C) groups is 1. The van der Waals surface area contributed by atoms with Crippen molar-refractivity contribution in [2.45, 2.75) is 25.8 Å². The maximum atomic E-state index is 13.9. The summed E-state index contributed by atoms with van der Waals surface area (Å²) in [5.41, 5.74) is 0.543. The fourth-order valence-electron chi connectivity index (χ4n) is 3.65. The molecular formula is C19H29ClFIN4O. The minimum Gasteiger partial charge on any atom is -0.379 e. The van der Waals surface area contributed by atoms with E-state index in [0.29, 0.717) is 29.6 Å². The topological polar surface area (TPSA) is 40.1 Å². The predicted octanol–water partition coefficient (Wildman–Crippen LogP) is 3.01. The van der Waals surface area contributed by atoms with Gasteiger partial charge in [0.1, 0.15) is 5.82 Å². The summed E-state index contributed by atoms with van der Waals surface area (Å²) in [6.45, 7) is 9.05. The Hall–Kier alpha value is -0.640. The van der Waals surface area contributed by atoms with E-state index in [4.69, 9.17) is 21.3 Å². The first-order chi connectivity index (χ1) is 12.7. The molecule has 2 fully saturated rings. The van der Waals surface area contributed by atoms with Gasteiger partial charge in [0.2, 0.25) is 0 Å². The van der Waals surface area contributed by atoms with E-state index in [2.05, 4.69) is 22.0 Å². The number of nitrogens with one attached hydrogen (secondary N) is 1. The number of benzene rings is 1. The molecular weight excluding hydrogens is 482 g/mol. The van der Waals surface area contributed by atoms with Crippen LogP contribution in [0.4, 0.5) is 4.39 Å². The Labute approximate surface area is 183 Å². The van der Waals surface area contributed by atoms with Crippen molar-refractivity contribution in [2.75, 3.05) is 52.5 Å². The highest BCUT2D eigenvalue weighted by molar-refractivity contribution is 14.0. The number of ether oxygens (including phenoxy) is 1. The van der Waals surface area contributed by atoms with Crippen LogP contribution in [-0.2, 0) is 11.2 Å². The lowest BCUT2D eigenvalue weighted by atomic mass is 10.1. The monoisotopic (exact) mass is 510 g/mol. The summed E-state index contributed by atoms with van der Waals surface area (Å²) >= 11 is 6.11. The van der Waals surface area contributed by atoms with Crippen molar-refractivity contribution >= 4 is 41.5 Å². The van der Waals surface area contributed by atoms with Gasteiger partial charge in [-0.2, -0.15) is 0 Å². The van der Waals surface area contributed by atoms with Gasteiger partial charge in [0.15, 0.2) is 5.96 Å². The molecule has 8 heteroatoms. The molecule has 0 aliphatic carbocycles. The molecule has 0 aromatic heterocycles. The van der Waals surface area contributed by atoms with Gasteiger partial charge in [0, 0.05) is 55.9 Å². The van der Waals surface area contributed by atoms with Crippen LogP contribution in [0.1, 0.15) is 18.9 Å². The van der Waals surface area contributed by atoms with E-state index in [1.54, 1.807) is 12.1 Å². The molecule has 0 spiro atoms. The second-order valence-corrected chi connectivity index (χ2v) is 7.13. The molecule has 0 amide bonds. The predicted molar refractivity (Wildman–Crippen MR) is 119 cm³/mol. The smallest absolute Gasteiger partial charge is 0.193 e. The quantitative estimate of drug-likeness (QED) is 0.376. The van der Waals surface area contributed by atoms with Gasteiger partial charge in [0.05, 0.1) is 13.2 Å². The van der Waals surface area contributed by atoms with Crippen LogP contribution in [-0.4, -0.2) is 74.3 Å². The van der Waals surface area contributed by atoms with Gasteiger partial charge in [-0.3, -0.25) is 9.89 Å². The van der Waals surface area contributed by atoms with E-state index < -0.39 is 0 Å². The molecule has 1 atom stereocenters. The fourth-order valence-corrected chi connectivity index (χ4v) is 3.90. The normalized spacial score (nSPS) is 21.2. The SMILES string of the molecule is CCNC(=NCCc1c(F)cccc1Cl)N1CCC(N2CCOCC2)C1.I. The minimum atomic E-state index is -0.258. The lowest BCUT2D eigenvalue weighted by molar-refractivity contribution is 0.0195. The van der Waals surface area contributed by atoms with Crippen LogP contribution in [0.15, 0.2) is 23.2 Å². The fraction of sp³-hybridized carbons (Fsp3) is 0.632. The Morgan fingerprint density at radius 3 is 2.81 bits per heavy atom. The molecule has 2 aliphatic heterocycles. The van der Waals surface area contributed by atoms with Crippen molar-refractivity contribution in [2.24, 2.45) is 4.99 Å². The summed E-state index contributed by atoms with van der Waals surface area (Å²) in [4.78, 5) is 9.55. The maximum Gasteiger partial charge on any atom is 0.193 e. The third kappa shape index (κ3) is 6.17. The first-order valence-electron chi connectivity index (χ1n) is 9.47. The minimum absolute atomic E-state index is 0. The van der Waals surface area contributed by atoms with E-state index in [0.717, 1.165) is 58.3 Å². The van der Waals surface area contributed by atoms with Crippen molar-refractivity contribution in [1.82, 2.24) is 15.1 Å². The van der Waals surface area contributed by atoms with Crippen molar-refractivity contribution in [1.29, 1.82) is 0 Å². The molecule has 1 unspecified atom stereocenters. The first kappa shape index (κ1) is 22.6. The van der Waals surface area contributed by atoms with Crippen molar-refractivity contribution in [3.63, 3.8) is 0 Å². The van der Waals surface area contributed by atoms with Gasteiger partial charge in [-0.05, 0) is 31.9 Å². The number of nitrogens with zero attached hydrogens (tertiary/aromatic N) is 3. The molecule has 1 N–H and O–H groups in total. The molecule has 27 heavy (non-hydrogen) atoms. The van der Waals surface area contributed by atoms with Gasteiger partial charge in [-0.1, -0.05) is 17.7 Å². The summed E-state index contributed by atoms with van der Waals surface area (Å²) in [6, 6.07) is 5.36. The number of hydrogen-bond acceptors (Lipinski definition) is 3. The molecule has 2 aliphatic rings. The number of hydrogen-bond donors (Lipinski definition) is 1. The molecule has 0 radical (unpaired) electrons. The number of morpholine rings is 1. The van der Waals surface area contributed by atoms with E-state index in [1.807, 2.05) is 0 Å². The molecule has 0 bridgehead atoms. The highest BCUT2D eigenvalue weighted by atomic mass is 127. The van der Waals surface area contributed by atoms with Crippen molar-refractivity contribution < 1.29 is 9.13 Å². The highest BCUT2D eigenvalue weighted by Gasteiger charge is 2.30. The van der Waals surface area contributed by atoms with Crippen LogP contribution in [0.2, 0.25) is 5.02 Å². The molecule has 152 valence electrons. The van der Waals surface area contributed by atoms with Crippen molar-refractivity contribution in [3.8, 4) is 0 Å². The summed E-state index contributed by atoms with van der Waals surface area (Å²) in [5, 5.41) is 3.84. The van der Waals surface area contributed by atoms with Crippen LogP contribution < -0.4 is 5.32 Å². The van der Waals surface area contributed by atoms with Gasteiger partial charge < -0.3 is 15.0 Å². The zero-order chi connectivity index (χ0) is 18.4. The Morgan fingerprint density at radius 2 is 2.11 bits per heavy atom. The van der Waals surface area contributed by atoms with E-state index in [1.165, 1.54) is 6.07 Å². The number of likely N-dealkylation sites (tertiary alicyclic amines) is 1. The maximum absolute atomic E-state index is 13.9. The van der Waals surface area contributed by atoms with E-state index in [9.17, 15) is 4.39 Å². The van der Waals surface area contributed by atoms with Crippen molar-refractivity contribution in [3.05, 3.63) is 34.6 Å². The zero-order valence-corrected chi connectivity index (χ0v) is 18.9. The summed E-state index contributed by atoms with van der Waals surface area (Å²) in [5.74, 6) is 0.655. The molecule has 1 aromatic rings. The number of rotatable bonds is 5. The van der Waals surface area contributed by atoms with Crippen LogP contribution in [0, 0.1) is 5.82 Å². The van der Waals surface area contributed by atoms with Gasteiger partial charge >= 0.3 is 0 Å². The Bertz CT molecular complexity index is 607. The number of guanidine groups is 1. The second kappa shape index (κ2) is 11.4. The molecule has 2 heterocycles. The van der Waals surface area contributed by atoms with E-state index >= 15 is 0 Å². The Kier molecular flexibility index (Phi) is 9.55. The third-order valence-electron chi connectivity index (χ3n) is 5.04. The summed E-state index contributed by atoms with van der Waals surface area (Å²) in [7, 11) is 0. The lowest BCUT2D eigenvalue weighted by Gasteiger charge is -2.32. The molecule has 2 saturated heterocycles. The zero-order valence-electron chi connectivity index (χ0n) is 15.8. The average molecular weight is 511 g/mol. The summed E-state index contributed by atoms with van der Waals surface area (Å²) in [6.07, 6.45) is 1.64. The van der Waals surface area contributed by atoms with Crippen LogP contribution in [0.5, 0.6) is 0 Å². The van der Waals surface area contributed by atoms with Crippen LogP contribution in [0.25, 0.3) is 0 Å². The summed E-state index contributed by atoms with van der Waals surface area (Å²) < 4.78 is 19.4. The lowest BCUT2D eigenvalue weighted by Crippen LogP contribution is -2.46. The molecule has 5 nitrogen and oxygen atoms in total. The Morgan fingerprint density at radius 1 is 1.33 bits per heavy atom. The first-order valence-corrected chi connectivity index (χ1v) is 9.84. The second-order valence-electron chi connectivity index (χ2n) is 6.72. The largest absolute Gasteiger partial charge is 0.379 e.